The Bertz CT molecular complexity index is 571. The molecule has 1 rings (SSSR count). The predicted molar refractivity (Wildman–Crippen MR) is 83.8 cm³/mol. The second-order valence-corrected chi connectivity index (χ2v) is 6.12. The van der Waals surface area contributed by atoms with E-state index in [-0.39, 0.29) is 18.5 Å². The quantitative estimate of drug-likeness (QED) is 0.413. The molecule has 0 aromatic heterocycles. The van der Waals surface area contributed by atoms with Gasteiger partial charge in [-0.25, -0.2) is 4.79 Å². The Kier molecular flexibility index (Phi) is 7.32. The van der Waals surface area contributed by atoms with E-state index in [1.54, 1.807) is 38.1 Å². The van der Waals surface area contributed by atoms with Crippen LogP contribution < -0.4 is 4.74 Å². The van der Waals surface area contributed by atoms with Gasteiger partial charge in [-0.15, -0.1) is 0 Å². The van der Waals surface area contributed by atoms with Crippen molar-refractivity contribution in [3.05, 3.63) is 35.1 Å². The summed E-state index contributed by atoms with van der Waals surface area (Å²) in [6.45, 7) is 3.63. The van der Waals surface area contributed by atoms with Crippen LogP contribution >= 0.6 is 7.60 Å². The fourth-order valence-electron chi connectivity index (χ4n) is 1.76. The molecule has 0 saturated carbocycles. The summed E-state index contributed by atoms with van der Waals surface area (Å²) < 4.78 is 33.1. The van der Waals surface area contributed by atoms with Crippen molar-refractivity contribution in [3.63, 3.8) is 0 Å². The molecule has 1 aromatic carbocycles. The Labute approximate surface area is 130 Å². The largest absolute Gasteiger partial charge is 0.497 e. The van der Waals surface area contributed by atoms with E-state index in [1.807, 2.05) is 0 Å². The van der Waals surface area contributed by atoms with E-state index >= 15 is 0 Å². The van der Waals surface area contributed by atoms with E-state index in [2.05, 4.69) is 0 Å². The molecule has 22 heavy (non-hydrogen) atoms. The topological polar surface area (TPSA) is 71.1 Å². The molecule has 0 aliphatic heterocycles. The van der Waals surface area contributed by atoms with Crippen LogP contribution in [-0.4, -0.2) is 33.4 Å². The van der Waals surface area contributed by atoms with Crippen LogP contribution in [0.25, 0.3) is 6.08 Å². The highest BCUT2D eigenvalue weighted by atomic mass is 31.2. The van der Waals surface area contributed by atoms with Crippen molar-refractivity contribution in [1.29, 1.82) is 0 Å². The molecule has 0 unspecified atom stereocenters. The molecule has 7 heteroatoms. The third-order valence-electron chi connectivity index (χ3n) is 2.68. The fraction of sp³-hybridized carbons (Fsp3) is 0.400. The average Bonchev–Trinajstić information content (AvgIpc) is 2.52. The third kappa shape index (κ3) is 4.70. The number of hydrogen-bond donors (Lipinski definition) is 0. The summed E-state index contributed by atoms with van der Waals surface area (Å²) >= 11 is 0. The standard InChI is InChI=1S/C15H21O6P/c1-5-20-22(17,21-6-2)14(15(16)19-4)11-12-8-7-9-13(10-12)18-3/h7-11H,5-6H2,1-4H3/b14-11+. The van der Waals surface area contributed by atoms with Gasteiger partial charge < -0.3 is 18.5 Å². The van der Waals surface area contributed by atoms with Gasteiger partial charge in [-0.1, -0.05) is 12.1 Å². The van der Waals surface area contributed by atoms with Gasteiger partial charge in [0.25, 0.3) is 0 Å². The molecule has 0 N–H and O–H groups in total. The number of carbonyl (C=O) groups excluding carboxylic acids is 1. The third-order valence-corrected chi connectivity index (χ3v) is 4.78. The molecule has 0 fully saturated rings. The maximum Gasteiger partial charge on any atom is 0.368 e. The zero-order chi connectivity index (χ0) is 16.6. The molecule has 6 nitrogen and oxygen atoms in total. The Morgan fingerprint density at radius 3 is 2.32 bits per heavy atom. The van der Waals surface area contributed by atoms with E-state index in [9.17, 15) is 9.36 Å². The van der Waals surface area contributed by atoms with E-state index in [0.29, 0.717) is 11.3 Å². The predicted octanol–water partition coefficient (Wildman–Crippen LogP) is 3.48. The first kappa shape index (κ1) is 18.4. The molecule has 0 aliphatic rings. The summed E-state index contributed by atoms with van der Waals surface area (Å²) in [4.78, 5) is 12.0. The molecule has 0 aliphatic carbocycles. The smallest absolute Gasteiger partial charge is 0.368 e. The van der Waals surface area contributed by atoms with Crippen LogP contribution in [0.4, 0.5) is 0 Å². The van der Waals surface area contributed by atoms with Crippen LogP contribution in [0.1, 0.15) is 19.4 Å². The SMILES string of the molecule is CCOP(=O)(OCC)/C(=C/c1cccc(OC)c1)C(=O)OC. The number of carbonyl (C=O) groups is 1. The number of methoxy groups -OCH3 is 2. The van der Waals surface area contributed by atoms with Crippen molar-refractivity contribution in [2.75, 3.05) is 27.4 Å². The minimum Gasteiger partial charge on any atom is -0.497 e. The van der Waals surface area contributed by atoms with Crippen molar-refractivity contribution in [1.82, 2.24) is 0 Å². The highest BCUT2D eigenvalue weighted by molar-refractivity contribution is 7.60. The van der Waals surface area contributed by atoms with Crippen LogP contribution in [0, 0.1) is 0 Å². The second-order valence-electron chi connectivity index (χ2n) is 4.13. The molecule has 0 amide bonds. The van der Waals surface area contributed by atoms with Gasteiger partial charge in [-0.2, -0.15) is 0 Å². The van der Waals surface area contributed by atoms with Crippen molar-refractivity contribution >= 4 is 19.6 Å². The molecule has 0 bridgehead atoms. The Morgan fingerprint density at radius 2 is 1.82 bits per heavy atom. The number of benzene rings is 1. The first-order valence-corrected chi connectivity index (χ1v) is 8.38. The summed E-state index contributed by atoms with van der Waals surface area (Å²) in [5, 5.41) is -0.146. The Hall–Kier alpha value is -1.62. The second kappa shape index (κ2) is 8.73. The van der Waals surface area contributed by atoms with Crippen molar-refractivity contribution in [2.24, 2.45) is 0 Å². The minimum absolute atomic E-state index is 0.143. The summed E-state index contributed by atoms with van der Waals surface area (Å²) in [5.41, 5.74) is 0.624. The molecular weight excluding hydrogens is 307 g/mol. The molecule has 0 radical (unpaired) electrons. The summed E-state index contributed by atoms with van der Waals surface area (Å²) in [6, 6.07) is 6.96. The van der Waals surface area contributed by atoms with E-state index < -0.39 is 13.6 Å². The lowest BCUT2D eigenvalue weighted by molar-refractivity contribution is -0.135. The normalized spacial score (nSPS) is 12.1. The Balaban J connectivity index is 3.34. The zero-order valence-corrected chi connectivity index (χ0v) is 14.1. The van der Waals surface area contributed by atoms with Gasteiger partial charge in [0.15, 0.2) is 0 Å². The lowest BCUT2D eigenvalue weighted by Crippen LogP contribution is -2.09. The maximum absolute atomic E-state index is 12.8. The minimum atomic E-state index is -3.75. The molecule has 0 spiro atoms. The van der Waals surface area contributed by atoms with Gasteiger partial charge in [0.2, 0.25) is 0 Å². The molecule has 122 valence electrons. The number of rotatable bonds is 8. The van der Waals surface area contributed by atoms with Crippen LogP contribution in [0.3, 0.4) is 0 Å². The first-order chi connectivity index (χ1) is 10.5. The van der Waals surface area contributed by atoms with Crippen molar-refractivity contribution in [3.8, 4) is 5.75 Å². The van der Waals surface area contributed by atoms with Gasteiger partial charge in [0, 0.05) is 0 Å². The van der Waals surface area contributed by atoms with Gasteiger partial charge >= 0.3 is 13.6 Å². The van der Waals surface area contributed by atoms with Gasteiger partial charge in [-0.3, -0.25) is 4.57 Å². The van der Waals surface area contributed by atoms with Gasteiger partial charge in [0.1, 0.15) is 11.1 Å². The van der Waals surface area contributed by atoms with E-state index in [1.165, 1.54) is 20.3 Å². The van der Waals surface area contributed by atoms with Crippen LogP contribution in [0.2, 0.25) is 0 Å². The van der Waals surface area contributed by atoms with Crippen LogP contribution in [0.5, 0.6) is 5.75 Å². The zero-order valence-electron chi connectivity index (χ0n) is 13.2. The molecule has 0 saturated heterocycles. The number of ether oxygens (including phenoxy) is 2. The van der Waals surface area contributed by atoms with E-state index in [0.717, 1.165) is 0 Å². The Morgan fingerprint density at radius 1 is 1.18 bits per heavy atom. The van der Waals surface area contributed by atoms with Crippen LogP contribution in [0.15, 0.2) is 29.6 Å². The number of hydrogen-bond acceptors (Lipinski definition) is 6. The van der Waals surface area contributed by atoms with Gasteiger partial charge in [0.05, 0.1) is 27.4 Å². The lowest BCUT2D eigenvalue weighted by Gasteiger charge is -2.18. The van der Waals surface area contributed by atoms with E-state index in [4.69, 9.17) is 18.5 Å². The van der Waals surface area contributed by atoms with Crippen molar-refractivity contribution < 1.29 is 27.9 Å². The lowest BCUT2D eigenvalue weighted by atomic mass is 10.2. The van der Waals surface area contributed by atoms with Crippen LogP contribution in [-0.2, 0) is 23.1 Å². The monoisotopic (exact) mass is 328 g/mol. The van der Waals surface area contributed by atoms with Crippen molar-refractivity contribution in [2.45, 2.75) is 13.8 Å². The molecule has 0 heterocycles. The first-order valence-electron chi connectivity index (χ1n) is 6.84. The highest BCUT2D eigenvalue weighted by Crippen LogP contribution is 2.57. The fourth-order valence-corrected chi connectivity index (χ4v) is 3.41. The maximum atomic E-state index is 12.8. The summed E-state index contributed by atoms with van der Waals surface area (Å²) in [6.07, 6.45) is 1.43. The van der Waals surface area contributed by atoms with Gasteiger partial charge in [-0.05, 0) is 37.6 Å². The number of esters is 1. The highest BCUT2D eigenvalue weighted by Gasteiger charge is 2.35. The molecule has 1 aromatic rings. The summed E-state index contributed by atoms with van der Waals surface area (Å²) in [7, 11) is -0.996. The molecular formula is C15H21O6P. The molecule has 0 atom stereocenters. The summed E-state index contributed by atoms with van der Waals surface area (Å²) in [5.74, 6) is -0.145. The average molecular weight is 328 g/mol.